The lowest BCUT2D eigenvalue weighted by molar-refractivity contribution is -0.111. The molecule has 0 aliphatic carbocycles. The summed E-state index contributed by atoms with van der Waals surface area (Å²) < 4.78 is 5.13. The van der Waals surface area contributed by atoms with Crippen molar-refractivity contribution in [1.82, 2.24) is 0 Å². The van der Waals surface area contributed by atoms with Crippen molar-refractivity contribution in [3.8, 4) is 16.9 Å². The van der Waals surface area contributed by atoms with Crippen LogP contribution in [-0.4, -0.2) is 27.8 Å². The number of hydrogen-bond donors (Lipinski definition) is 3. The second-order valence-corrected chi connectivity index (χ2v) is 7.30. The molecule has 33 heavy (non-hydrogen) atoms. The van der Waals surface area contributed by atoms with Gasteiger partial charge in [-0.2, -0.15) is 5.10 Å². The average molecular weight is 439 g/mol. The number of hydrogen-bond acceptors (Lipinski definition) is 6. The van der Waals surface area contributed by atoms with Gasteiger partial charge in [-0.15, -0.1) is 0 Å². The van der Waals surface area contributed by atoms with E-state index in [1.54, 1.807) is 42.5 Å². The third-order valence-electron chi connectivity index (χ3n) is 5.31. The number of para-hydroxylation sites is 2. The number of nitrogens with one attached hydrogen (secondary N) is 1. The number of rotatable bonds is 5. The minimum absolute atomic E-state index is 0.109. The first-order valence-electron chi connectivity index (χ1n) is 10.00. The molecular weight excluding hydrogens is 422 g/mol. The van der Waals surface area contributed by atoms with Gasteiger partial charge in [0.1, 0.15) is 12.0 Å². The fourth-order valence-electron chi connectivity index (χ4n) is 3.75. The monoisotopic (exact) mass is 439 g/mol. The van der Waals surface area contributed by atoms with Crippen LogP contribution in [0.2, 0.25) is 0 Å². The smallest absolute Gasteiger partial charge is 0.335 e. The molecule has 3 aromatic carbocycles. The number of hydrazone groups is 1. The molecule has 0 radical (unpaired) electrons. The number of aromatic hydroxyl groups is 1. The van der Waals surface area contributed by atoms with E-state index in [2.05, 4.69) is 10.5 Å². The molecule has 0 atom stereocenters. The van der Waals surface area contributed by atoms with Crippen LogP contribution in [-0.2, 0) is 4.79 Å². The Morgan fingerprint density at radius 2 is 1.76 bits per heavy atom. The predicted octanol–water partition coefficient (Wildman–Crippen LogP) is 4.84. The number of furan rings is 1. The molecule has 0 bridgehead atoms. The first-order valence-corrected chi connectivity index (χ1v) is 10.00. The zero-order chi connectivity index (χ0) is 22.9. The van der Waals surface area contributed by atoms with Crippen LogP contribution < -0.4 is 10.3 Å². The second kappa shape index (κ2) is 8.01. The van der Waals surface area contributed by atoms with Crippen LogP contribution in [0.25, 0.3) is 11.1 Å². The van der Waals surface area contributed by atoms with Crippen LogP contribution in [0.4, 0.5) is 17.1 Å². The Morgan fingerprint density at radius 3 is 2.55 bits per heavy atom. The molecule has 3 N–H and O–H groups in total. The van der Waals surface area contributed by atoms with Crippen LogP contribution in [0.15, 0.2) is 94.8 Å². The number of anilines is 3. The van der Waals surface area contributed by atoms with E-state index in [-0.39, 0.29) is 28.6 Å². The minimum Gasteiger partial charge on any atom is -0.505 e. The number of aromatic carboxylic acids is 1. The predicted molar refractivity (Wildman–Crippen MR) is 123 cm³/mol. The molecule has 0 spiro atoms. The molecule has 1 aliphatic rings. The van der Waals surface area contributed by atoms with E-state index in [1.165, 1.54) is 29.6 Å². The SMILES string of the molecule is O=C(O)c1cccc(-c2cccc(NN=C3C(=O)N(c4ccoc4)c4ccccc43)c2O)c1. The lowest BCUT2D eigenvalue weighted by Crippen LogP contribution is -2.25. The lowest BCUT2D eigenvalue weighted by Gasteiger charge is -2.13. The Bertz CT molecular complexity index is 1410. The number of carbonyl (C=O) groups excluding carboxylic acids is 1. The quantitative estimate of drug-likeness (QED) is 0.303. The molecule has 0 saturated heterocycles. The molecule has 5 rings (SSSR count). The highest BCUT2D eigenvalue weighted by molar-refractivity contribution is 6.55. The number of phenolic OH excluding ortho intramolecular Hbond substituents is 1. The van der Waals surface area contributed by atoms with Gasteiger partial charge < -0.3 is 14.6 Å². The van der Waals surface area contributed by atoms with E-state index in [1.807, 2.05) is 18.2 Å². The molecule has 0 unspecified atom stereocenters. The summed E-state index contributed by atoms with van der Waals surface area (Å²) in [6, 6.07) is 20.2. The maximum Gasteiger partial charge on any atom is 0.335 e. The summed E-state index contributed by atoms with van der Waals surface area (Å²) in [6.45, 7) is 0. The molecule has 4 aromatic rings. The molecule has 162 valence electrons. The summed E-state index contributed by atoms with van der Waals surface area (Å²) in [5, 5.41) is 24.4. The van der Waals surface area contributed by atoms with Crippen molar-refractivity contribution in [3.63, 3.8) is 0 Å². The van der Waals surface area contributed by atoms with Gasteiger partial charge in [0.15, 0.2) is 5.71 Å². The van der Waals surface area contributed by atoms with Crippen molar-refractivity contribution in [1.29, 1.82) is 0 Å². The third kappa shape index (κ3) is 3.49. The maximum atomic E-state index is 13.2. The summed E-state index contributed by atoms with van der Waals surface area (Å²) >= 11 is 0. The van der Waals surface area contributed by atoms with E-state index in [0.29, 0.717) is 28.1 Å². The molecule has 1 aliphatic heterocycles. The number of fused-ring (bicyclic) bond motifs is 1. The fraction of sp³-hybridized carbons (Fsp3) is 0. The highest BCUT2D eigenvalue weighted by Crippen LogP contribution is 2.38. The number of nitrogens with zero attached hydrogens (tertiary/aromatic N) is 2. The van der Waals surface area contributed by atoms with Gasteiger partial charge in [-0.25, -0.2) is 4.79 Å². The summed E-state index contributed by atoms with van der Waals surface area (Å²) in [6.07, 6.45) is 2.97. The van der Waals surface area contributed by atoms with Crippen LogP contribution >= 0.6 is 0 Å². The largest absolute Gasteiger partial charge is 0.505 e. The van der Waals surface area contributed by atoms with Gasteiger partial charge in [0.2, 0.25) is 0 Å². The van der Waals surface area contributed by atoms with Gasteiger partial charge in [0.05, 0.1) is 28.9 Å². The first-order chi connectivity index (χ1) is 16.0. The van der Waals surface area contributed by atoms with Crippen LogP contribution in [0, 0.1) is 0 Å². The highest BCUT2D eigenvalue weighted by atomic mass is 16.4. The Balaban J connectivity index is 1.50. The topological polar surface area (TPSA) is 115 Å². The number of benzene rings is 3. The second-order valence-electron chi connectivity index (χ2n) is 7.30. The third-order valence-corrected chi connectivity index (χ3v) is 5.31. The fourth-order valence-corrected chi connectivity index (χ4v) is 3.75. The number of carboxylic acids is 1. The summed E-state index contributed by atoms with van der Waals surface area (Å²) in [4.78, 5) is 26.0. The maximum absolute atomic E-state index is 13.2. The van der Waals surface area contributed by atoms with Crippen molar-refractivity contribution in [2.24, 2.45) is 5.10 Å². The number of carboxylic acid groups (broad SMARTS) is 1. The summed E-state index contributed by atoms with van der Waals surface area (Å²) in [7, 11) is 0. The normalized spacial score (nSPS) is 13.9. The highest BCUT2D eigenvalue weighted by Gasteiger charge is 2.35. The van der Waals surface area contributed by atoms with E-state index < -0.39 is 5.97 Å². The van der Waals surface area contributed by atoms with Gasteiger partial charge in [-0.3, -0.25) is 15.1 Å². The number of phenols is 1. The standard InChI is InChI=1S/C25H17N3O5/c29-23-18(15-5-3-6-16(13-15)25(31)32)8-4-9-20(23)26-27-22-19-7-1-2-10-21(19)28(24(22)30)17-11-12-33-14-17/h1-14,26,29H,(H,31,32). The zero-order valence-electron chi connectivity index (χ0n) is 17.1. The van der Waals surface area contributed by atoms with Gasteiger partial charge in [0.25, 0.3) is 5.91 Å². The Hall–Kier alpha value is -4.85. The first kappa shape index (κ1) is 20.1. The molecular formula is C25H17N3O5. The Kier molecular flexibility index (Phi) is 4.87. The lowest BCUT2D eigenvalue weighted by atomic mass is 10.0. The van der Waals surface area contributed by atoms with Crippen LogP contribution in [0.1, 0.15) is 15.9 Å². The van der Waals surface area contributed by atoms with Crippen molar-refractivity contribution < 1.29 is 24.2 Å². The molecule has 0 saturated carbocycles. The molecule has 1 aromatic heterocycles. The number of amides is 1. The van der Waals surface area contributed by atoms with Gasteiger partial charge in [-0.1, -0.05) is 42.5 Å². The van der Waals surface area contributed by atoms with Crippen molar-refractivity contribution in [3.05, 3.63) is 96.4 Å². The van der Waals surface area contributed by atoms with Crippen molar-refractivity contribution in [2.75, 3.05) is 10.3 Å². The molecule has 2 heterocycles. The van der Waals surface area contributed by atoms with Crippen LogP contribution in [0.5, 0.6) is 5.75 Å². The molecule has 8 nitrogen and oxygen atoms in total. The zero-order valence-corrected chi connectivity index (χ0v) is 17.1. The van der Waals surface area contributed by atoms with Gasteiger partial charge >= 0.3 is 5.97 Å². The summed E-state index contributed by atoms with van der Waals surface area (Å²) in [5.41, 5.74) is 6.22. The Labute approximate surface area is 188 Å². The summed E-state index contributed by atoms with van der Waals surface area (Å²) in [5.74, 6) is -1.51. The van der Waals surface area contributed by atoms with E-state index in [4.69, 9.17) is 4.42 Å². The molecule has 8 heteroatoms. The van der Waals surface area contributed by atoms with E-state index in [0.717, 1.165) is 0 Å². The molecule has 1 amide bonds. The van der Waals surface area contributed by atoms with Gasteiger partial charge in [-0.05, 0) is 29.8 Å². The van der Waals surface area contributed by atoms with Crippen LogP contribution in [0.3, 0.4) is 0 Å². The van der Waals surface area contributed by atoms with Crippen molar-refractivity contribution in [2.45, 2.75) is 0 Å². The molecule has 0 fully saturated rings. The average Bonchev–Trinajstić information content (AvgIpc) is 3.44. The Morgan fingerprint density at radius 1 is 0.970 bits per heavy atom. The number of carbonyl (C=O) groups is 2. The minimum atomic E-state index is -1.06. The van der Waals surface area contributed by atoms with E-state index >= 15 is 0 Å². The van der Waals surface area contributed by atoms with Crippen molar-refractivity contribution >= 4 is 34.7 Å². The van der Waals surface area contributed by atoms with Gasteiger partial charge in [0, 0.05) is 17.2 Å². The van der Waals surface area contributed by atoms with E-state index in [9.17, 15) is 19.8 Å².